The Morgan fingerprint density at radius 3 is 2.79 bits per heavy atom. The monoisotopic (exact) mass is 515 g/mol. The van der Waals surface area contributed by atoms with Gasteiger partial charge in [0.05, 0.1) is 10.9 Å². The Kier molecular flexibility index (Phi) is 6.26. The molecule has 198 valence electrons. The highest BCUT2D eigenvalue weighted by Crippen LogP contribution is 2.51. The fourth-order valence-corrected chi connectivity index (χ4v) is 6.25. The first kappa shape index (κ1) is 24.7. The minimum Gasteiger partial charge on any atom is -0.357 e. The average Bonchev–Trinajstić information content (AvgIpc) is 3.45. The SMILES string of the molecule is CC1CC(c2cccc(NC(=O)c3cc(CN[C@@H](C)C4CCC4)c4[nH]cc(F)c4n3)c2)(c2nncn2C)C1. The molecule has 38 heavy (non-hydrogen) atoms. The molecule has 8 nitrogen and oxygen atoms in total. The standard InChI is InChI=1S/C29H34FN7O/c1-17-12-29(13-17,28-36-33-16-37(28)3)21-8-5-9-22(11-21)34-27(38)24-10-20(14-31-18(2)19-6-4-7-19)25-26(35-24)23(30)15-32-25/h5,8-11,15-19,31-32H,4,6-7,12-14H2,1-3H3,(H,34,38)/t17?,18-,29?/m0/s1. The van der Waals surface area contributed by atoms with Crippen LogP contribution in [0.2, 0.25) is 0 Å². The van der Waals surface area contributed by atoms with Crippen LogP contribution < -0.4 is 10.6 Å². The Labute approximate surface area is 221 Å². The number of fused-ring (bicyclic) bond motifs is 1. The fourth-order valence-electron chi connectivity index (χ4n) is 6.25. The van der Waals surface area contributed by atoms with Gasteiger partial charge in [0, 0.05) is 31.5 Å². The number of pyridine rings is 1. The minimum atomic E-state index is -0.463. The number of H-pyrrole nitrogens is 1. The molecule has 0 unspecified atom stereocenters. The van der Waals surface area contributed by atoms with Gasteiger partial charge < -0.3 is 20.2 Å². The van der Waals surface area contributed by atoms with Gasteiger partial charge in [0.1, 0.15) is 23.4 Å². The number of carbonyl (C=O) groups is 1. The molecule has 4 aromatic rings. The second-order valence-electron chi connectivity index (χ2n) is 11.3. The highest BCUT2D eigenvalue weighted by atomic mass is 19.1. The minimum absolute atomic E-state index is 0.184. The highest BCUT2D eigenvalue weighted by molar-refractivity contribution is 6.04. The summed E-state index contributed by atoms with van der Waals surface area (Å²) in [6, 6.07) is 10.0. The van der Waals surface area contributed by atoms with Crippen LogP contribution in [0, 0.1) is 17.7 Å². The third kappa shape index (κ3) is 4.28. The summed E-state index contributed by atoms with van der Waals surface area (Å²) in [5.41, 5.74) is 3.36. The van der Waals surface area contributed by atoms with Gasteiger partial charge in [-0.25, -0.2) is 9.37 Å². The largest absolute Gasteiger partial charge is 0.357 e. The maximum Gasteiger partial charge on any atom is 0.274 e. The van der Waals surface area contributed by atoms with Crippen molar-refractivity contribution in [2.24, 2.45) is 18.9 Å². The van der Waals surface area contributed by atoms with E-state index < -0.39 is 5.82 Å². The van der Waals surface area contributed by atoms with E-state index >= 15 is 0 Å². The molecule has 1 aromatic carbocycles. The fraction of sp³-hybridized carbons (Fsp3) is 0.448. The second-order valence-corrected chi connectivity index (χ2v) is 11.3. The maximum absolute atomic E-state index is 14.6. The summed E-state index contributed by atoms with van der Waals surface area (Å²) in [4.78, 5) is 20.7. The molecular weight excluding hydrogens is 481 g/mol. The number of amides is 1. The Balaban J connectivity index is 1.26. The van der Waals surface area contributed by atoms with E-state index in [2.05, 4.69) is 50.7 Å². The smallest absolute Gasteiger partial charge is 0.274 e. The third-order valence-corrected chi connectivity index (χ3v) is 8.58. The number of rotatable bonds is 8. The first-order valence-corrected chi connectivity index (χ1v) is 13.5. The van der Waals surface area contributed by atoms with E-state index in [9.17, 15) is 9.18 Å². The number of nitrogens with zero attached hydrogens (tertiary/aromatic N) is 4. The van der Waals surface area contributed by atoms with Crippen LogP contribution >= 0.6 is 0 Å². The summed E-state index contributed by atoms with van der Waals surface area (Å²) in [5, 5.41) is 15.1. The number of aromatic amines is 1. The van der Waals surface area contributed by atoms with Gasteiger partial charge in [-0.1, -0.05) is 25.5 Å². The Bertz CT molecular complexity index is 1480. The molecule has 9 heteroatoms. The molecule has 6 rings (SSSR count). The van der Waals surface area contributed by atoms with Crippen molar-refractivity contribution >= 4 is 22.6 Å². The van der Waals surface area contributed by atoms with E-state index in [0.29, 0.717) is 35.6 Å². The summed E-state index contributed by atoms with van der Waals surface area (Å²) in [5.74, 6) is 1.35. The number of benzene rings is 1. The number of hydrogen-bond donors (Lipinski definition) is 3. The lowest BCUT2D eigenvalue weighted by Crippen LogP contribution is -2.43. The molecule has 2 fully saturated rings. The summed E-state index contributed by atoms with van der Waals surface area (Å²) >= 11 is 0. The lowest BCUT2D eigenvalue weighted by Gasteiger charge is -2.46. The molecule has 2 saturated carbocycles. The van der Waals surface area contributed by atoms with E-state index in [0.717, 1.165) is 29.8 Å². The summed E-state index contributed by atoms with van der Waals surface area (Å²) in [6.07, 6.45) is 8.72. The van der Waals surface area contributed by atoms with Crippen molar-refractivity contribution in [1.29, 1.82) is 0 Å². The lowest BCUT2D eigenvalue weighted by molar-refractivity contribution is 0.102. The predicted molar refractivity (Wildman–Crippen MR) is 144 cm³/mol. The van der Waals surface area contributed by atoms with Crippen molar-refractivity contribution in [3.63, 3.8) is 0 Å². The van der Waals surface area contributed by atoms with Gasteiger partial charge in [-0.2, -0.15) is 0 Å². The van der Waals surface area contributed by atoms with Crippen LogP contribution in [0.25, 0.3) is 11.0 Å². The summed E-state index contributed by atoms with van der Waals surface area (Å²) in [7, 11) is 1.97. The number of hydrogen-bond acceptors (Lipinski definition) is 5. The number of anilines is 1. The number of aromatic nitrogens is 5. The zero-order valence-corrected chi connectivity index (χ0v) is 22.1. The molecule has 1 atom stereocenters. The quantitative estimate of drug-likeness (QED) is 0.304. The van der Waals surface area contributed by atoms with Crippen molar-refractivity contribution in [3.05, 3.63) is 71.3 Å². The molecule has 3 aromatic heterocycles. The van der Waals surface area contributed by atoms with Gasteiger partial charge in [0.2, 0.25) is 0 Å². The average molecular weight is 516 g/mol. The van der Waals surface area contributed by atoms with Crippen LogP contribution in [-0.2, 0) is 19.0 Å². The molecule has 0 radical (unpaired) electrons. The highest BCUT2D eigenvalue weighted by Gasteiger charge is 2.48. The first-order chi connectivity index (χ1) is 18.3. The van der Waals surface area contributed by atoms with Crippen LogP contribution in [0.4, 0.5) is 10.1 Å². The van der Waals surface area contributed by atoms with Crippen LogP contribution in [0.15, 0.2) is 42.9 Å². The van der Waals surface area contributed by atoms with E-state index in [-0.39, 0.29) is 22.5 Å². The zero-order chi connectivity index (χ0) is 26.4. The van der Waals surface area contributed by atoms with E-state index in [1.165, 1.54) is 25.5 Å². The number of nitrogens with one attached hydrogen (secondary N) is 3. The van der Waals surface area contributed by atoms with Crippen LogP contribution in [0.1, 0.15) is 73.4 Å². The first-order valence-electron chi connectivity index (χ1n) is 13.5. The number of carbonyl (C=O) groups excluding carboxylic acids is 1. The molecular formula is C29H34FN7O. The van der Waals surface area contributed by atoms with Crippen molar-refractivity contribution < 1.29 is 9.18 Å². The normalized spacial score (nSPS) is 22.2. The van der Waals surface area contributed by atoms with E-state index in [1.54, 1.807) is 12.4 Å². The molecule has 0 aliphatic heterocycles. The second kappa shape index (κ2) is 9.62. The Hall–Kier alpha value is -3.59. The molecule has 2 aliphatic carbocycles. The van der Waals surface area contributed by atoms with Gasteiger partial charge >= 0.3 is 0 Å². The maximum atomic E-state index is 14.6. The lowest BCUT2D eigenvalue weighted by atomic mass is 9.58. The molecule has 3 heterocycles. The van der Waals surface area contributed by atoms with E-state index in [4.69, 9.17) is 0 Å². The van der Waals surface area contributed by atoms with Gasteiger partial charge in [-0.05, 0) is 73.8 Å². The Morgan fingerprint density at radius 1 is 1.29 bits per heavy atom. The Morgan fingerprint density at radius 2 is 2.11 bits per heavy atom. The van der Waals surface area contributed by atoms with Gasteiger partial charge in [0.15, 0.2) is 5.82 Å². The van der Waals surface area contributed by atoms with Crippen LogP contribution in [0.5, 0.6) is 0 Å². The van der Waals surface area contributed by atoms with Gasteiger partial charge in [-0.3, -0.25) is 4.79 Å². The molecule has 0 saturated heterocycles. The molecule has 0 bridgehead atoms. The van der Waals surface area contributed by atoms with Gasteiger partial charge in [-0.15, -0.1) is 10.2 Å². The predicted octanol–water partition coefficient (Wildman–Crippen LogP) is 5.08. The summed E-state index contributed by atoms with van der Waals surface area (Å²) in [6.45, 7) is 4.96. The van der Waals surface area contributed by atoms with Crippen molar-refractivity contribution in [2.45, 2.75) is 64.0 Å². The van der Waals surface area contributed by atoms with E-state index in [1.807, 2.05) is 29.8 Å². The van der Waals surface area contributed by atoms with Crippen molar-refractivity contribution in [1.82, 2.24) is 30.0 Å². The zero-order valence-electron chi connectivity index (χ0n) is 22.1. The third-order valence-electron chi connectivity index (χ3n) is 8.58. The molecule has 3 N–H and O–H groups in total. The summed E-state index contributed by atoms with van der Waals surface area (Å²) < 4.78 is 16.5. The number of halogens is 1. The van der Waals surface area contributed by atoms with Crippen LogP contribution in [0.3, 0.4) is 0 Å². The van der Waals surface area contributed by atoms with Crippen molar-refractivity contribution in [3.8, 4) is 0 Å². The van der Waals surface area contributed by atoms with Crippen molar-refractivity contribution in [2.75, 3.05) is 5.32 Å². The number of aryl methyl sites for hydroxylation is 1. The topological polar surface area (TPSA) is 101 Å². The van der Waals surface area contributed by atoms with Crippen LogP contribution in [-0.4, -0.2) is 36.7 Å². The molecule has 2 aliphatic rings. The molecule has 1 amide bonds. The van der Waals surface area contributed by atoms with Gasteiger partial charge in [0.25, 0.3) is 5.91 Å². The molecule has 0 spiro atoms.